The number of likely N-dealkylation sites (tertiary alicyclic amines) is 1. The Morgan fingerprint density at radius 3 is 2.75 bits per heavy atom. The van der Waals surface area contributed by atoms with E-state index in [0.29, 0.717) is 6.54 Å². The molecule has 92 valence electrons. The Morgan fingerprint density at radius 1 is 1.50 bits per heavy atom. The number of hydrogen-bond acceptors (Lipinski definition) is 4. The predicted molar refractivity (Wildman–Crippen MR) is 56.9 cm³/mol. The maximum atomic E-state index is 11.7. The lowest BCUT2D eigenvalue weighted by molar-refractivity contribution is -0.148. The second-order valence-electron chi connectivity index (χ2n) is 3.89. The van der Waals surface area contributed by atoms with E-state index < -0.39 is 18.1 Å². The largest absolute Gasteiger partial charge is 0.480 e. The van der Waals surface area contributed by atoms with Gasteiger partial charge in [-0.15, -0.1) is 0 Å². The van der Waals surface area contributed by atoms with Crippen molar-refractivity contribution in [3.05, 3.63) is 0 Å². The minimum absolute atomic E-state index is 0.127. The quantitative estimate of drug-likeness (QED) is 0.529. The molecule has 16 heavy (non-hydrogen) atoms. The highest BCUT2D eigenvalue weighted by Crippen LogP contribution is 2.18. The molecule has 0 unspecified atom stereocenters. The predicted octanol–water partition coefficient (Wildman–Crippen LogP) is -0.968. The highest BCUT2D eigenvalue weighted by molar-refractivity contribution is 5.84. The van der Waals surface area contributed by atoms with Crippen LogP contribution in [0.25, 0.3) is 0 Å². The second-order valence-corrected chi connectivity index (χ2v) is 3.89. The summed E-state index contributed by atoms with van der Waals surface area (Å²) in [7, 11) is 0. The molecule has 1 fully saturated rings. The van der Waals surface area contributed by atoms with Crippen LogP contribution in [-0.2, 0) is 9.59 Å². The zero-order valence-electron chi connectivity index (χ0n) is 9.35. The van der Waals surface area contributed by atoms with Gasteiger partial charge in [0.15, 0.2) is 0 Å². The summed E-state index contributed by atoms with van der Waals surface area (Å²) < 4.78 is 0. The summed E-state index contributed by atoms with van der Waals surface area (Å²) >= 11 is 0. The van der Waals surface area contributed by atoms with Gasteiger partial charge in [0, 0.05) is 25.9 Å². The van der Waals surface area contributed by atoms with Crippen LogP contribution in [0.4, 0.5) is 0 Å². The number of carboxylic acids is 1. The van der Waals surface area contributed by atoms with Gasteiger partial charge in [-0.05, 0) is 6.54 Å². The summed E-state index contributed by atoms with van der Waals surface area (Å²) in [5.41, 5.74) is 0. The zero-order chi connectivity index (χ0) is 12.1. The number of aliphatic hydroxyl groups excluding tert-OH is 1. The fourth-order valence-electron chi connectivity index (χ4n) is 1.84. The number of aliphatic carboxylic acids is 1. The van der Waals surface area contributed by atoms with Crippen LogP contribution < -0.4 is 5.32 Å². The minimum atomic E-state index is -1.05. The highest BCUT2D eigenvalue weighted by atomic mass is 16.4. The summed E-state index contributed by atoms with van der Waals surface area (Å²) in [5, 5.41) is 21.3. The fraction of sp³-hybridized carbons (Fsp3) is 0.800. The molecule has 0 aromatic carbocycles. The molecule has 0 saturated carbocycles. The van der Waals surface area contributed by atoms with E-state index in [4.69, 9.17) is 5.11 Å². The third kappa shape index (κ3) is 3.18. The number of rotatable bonds is 5. The van der Waals surface area contributed by atoms with Crippen LogP contribution in [0.5, 0.6) is 0 Å². The smallest absolute Gasteiger partial charge is 0.326 e. The number of carbonyl (C=O) groups excluding carboxylic acids is 1. The van der Waals surface area contributed by atoms with Crippen molar-refractivity contribution < 1.29 is 19.8 Å². The van der Waals surface area contributed by atoms with Crippen LogP contribution in [-0.4, -0.2) is 58.8 Å². The van der Waals surface area contributed by atoms with Crippen LogP contribution in [0.1, 0.15) is 19.8 Å². The first kappa shape index (κ1) is 12.9. The maximum Gasteiger partial charge on any atom is 0.326 e. The zero-order valence-corrected chi connectivity index (χ0v) is 9.35. The molecule has 1 heterocycles. The van der Waals surface area contributed by atoms with Gasteiger partial charge < -0.3 is 20.4 Å². The standard InChI is InChI=1S/C10H18N2O4/c1-2-11-4-3-9(14)12-6-7(13)5-8(12)10(15)16/h7-8,11,13H,2-6H2,1H3,(H,15,16)/t7-,8-/m1/s1. The van der Waals surface area contributed by atoms with E-state index in [9.17, 15) is 14.7 Å². The molecule has 6 nitrogen and oxygen atoms in total. The summed E-state index contributed by atoms with van der Waals surface area (Å²) in [6.07, 6.45) is -0.323. The summed E-state index contributed by atoms with van der Waals surface area (Å²) in [6, 6.07) is -0.871. The number of β-amino-alcohol motifs (C(OH)–C–C–N with tert-alkyl or cyclic N) is 1. The van der Waals surface area contributed by atoms with Gasteiger partial charge in [-0.3, -0.25) is 4.79 Å². The lowest BCUT2D eigenvalue weighted by atomic mass is 10.2. The SMILES string of the molecule is CCNCCC(=O)N1C[C@H](O)C[C@@H]1C(=O)O. The molecule has 1 amide bonds. The fourth-order valence-corrected chi connectivity index (χ4v) is 1.84. The van der Waals surface area contributed by atoms with Crippen LogP contribution in [0, 0.1) is 0 Å². The first-order valence-electron chi connectivity index (χ1n) is 5.47. The Morgan fingerprint density at radius 2 is 2.19 bits per heavy atom. The summed E-state index contributed by atoms with van der Waals surface area (Å²) in [5.74, 6) is -1.27. The van der Waals surface area contributed by atoms with Gasteiger partial charge in [0.2, 0.25) is 5.91 Å². The van der Waals surface area contributed by atoms with Crippen molar-refractivity contribution in [3.8, 4) is 0 Å². The first-order chi connectivity index (χ1) is 7.56. The lowest BCUT2D eigenvalue weighted by Crippen LogP contribution is -2.41. The van der Waals surface area contributed by atoms with Crippen LogP contribution in [0.15, 0.2) is 0 Å². The van der Waals surface area contributed by atoms with E-state index in [1.165, 1.54) is 4.90 Å². The Hall–Kier alpha value is -1.14. The maximum absolute atomic E-state index is 11.7. The molecule has 2 atom stereocenters. The molecule has 1 aliphatic rings. The molecule has 0 spiro atoms. The topological polar surface area (TPSA) is 89.9 Å². The number of nitrogens with zero attached hydrogens (tertiary/aromatic N) is 1. The molecule has 0 aromatic rings. The van der Waals surface area contributed by atoms with Gasteiger partial charge in [0.05, 0.1) is 6.10 Å². The second kappa shape index (κ2) is 5.81. The van der Waals surface area contributed by atoms with Gasteiger partial charge in [0.1, 0.15) is 6.04 Å². The van der Waals surface area contributed by atoms with Gasteiger partial charge in [-0.1, -0.05) is 6.92 Å². The van der Waals surface area contributed by atoms with Gasteiger partial charge in [0.25, 0.3) is 0 Å². The van der Waals surface area contributed by atoms with E-state index in [1.54, 1.807) is 0 Å². The number of amides is 1. The molecular formula is C10H18N2O4. The molecule has 1 rings (SSSR count). The van der Waals surface area contributed by atoms with Crippen molar-refractivity contribution in [3.63, 3.8) is 0 Å². The Labute approximate surface area is 94.2 Å². The Bertz CT molecular complexity index is 270. The average molecular weight is 230 g/mol. The molecule has 0 radical (unpaired) electrons. The van der Waals surface area contributed by atoms with Crippen molar-refractivity contribution in [2.75, 3.05) is 19.6 Å². The van der Waals surface area contributed by atoms with Gasteiger partial charge in [-0.2, -0.15) is 0 Å². The van der Waals surface area contributed by atoms with Gasteiger partial charge >= 0.3 is 5.97 Å². The molecule has 1 saturated heterocycles. The monoisotopic (exact) mass is 230 g/mol. The molecular weight excluding hydrogens is 212 g/mol. The van der Waals surface area contributed by atoms with Crippen LogP contribution in [0.2, 0.25) is 0 Å². The molecule has 6 heteroatoms. The minimum Gasteiger partial charge on any atom is -0.480 e. The Kier molecular flexibility index (Phi) is 4.70. The number of carboxylic acid groups (broad SMARTS) is 1. The molecule has 0 aliphatic carbocycles. The third-order valence-corrected chi connectivity index (χ3v) is 2.65. The van der Waals surface area contributed by atoms with E-state index in [2.05, 4.69) is 5.32 Å². The third-order valence-electron chi connectivity index (χ3n) is 2.65. The van der Waals surface area contributed by atoms with Gasteiger partial charge in [-0.25, -0.2) is 4.79 Å². The highest BCUT2D eigenvalue weighted by Gasteiger charge is 2.38. The van der Waals surface area contributed by atoms with Crippen LogP contribution in [0.3, 0.4) is 0 Å². The molecule has 0 aromatic heterocycles. The van der Waals surface area contributed by atoms with E-state index in [-0.39, 0.29) is 25.3 Å². The summed E-state index contributed by atoms with van der Waals surface area (Å²) in [4.78, 5) is 23.8. The Balaban J connectivity index is 2.50. The number of carbonyl (C=O) groups is 2. The first-order valence-corrected chi connectivity index (χ1v) is 5.47. The van der Waals surface area contributed by atoms with Crippen molar-refractivity contribution in [2.24, 2.45) is 0 Å². The van der Waals surface area contributed by atoms with Crippen molar-refractivity contribution in [2.45, 2.75) is 31.9 Å². The molecule has 3 N–H and O–H groups in total. The van der Waals surface area contributed by atoms with Crippen molar-refractivity contribution in [1.82, 2.24) is 10.2 Å². The molecule has 1 aliphatic heterocycles. The number of aliphatic hydroxyl groups is 1. The van der Waals surface area contributed by atoms with Crippen molar-refractivity contribution in [1.29, 1.82) is 0 Å². The van der Waals surface area contributed by atoms with E-state index >= 15 is 0 Å². The van der Waals surface area contributed by atoms with E-state index in [1.807, 2.05) is 6.92 Å². The average Bonchev–Trinajstić information content (AvgIpc) is 2.61. The molecule has 0 bridgehead atoms. The van der Waals surface area contributed by atoms with Crippen molar-refractivity contribution >= 4 is 11.9 Å². The normalized spacial score (nSPS) is 24.8. The number of nitrogens with one attached hydrogen (secondary N) is 1. The van der Waals surface area contributed by atoms with Crippen LogP contribution >= 0.6 is 0 Å². The summed E-state index contributed by atoms with van der Waals surface area (Å²) in [6.45, 7) is 3.37. The van der Waals surface area contributed by atoms with E-state index in [0.717, 1.165) is 6.54 Å². The number of hydrogen-bond donors (Lipinski definition) is 3. The lowest BCUT2D eigenvalue weighted by Gasteiger charge is -2.21.